The van der Waals surface area contributed by atoms with Gasteiger partial charge in [-0.05, 0) is 37.5 Å². The normalized spacial score (nSPS) is 13.0. The molecular weight excluding hydrogens is 477 g/mol. The number of nitrogens with zero attached hydrogens (tertiary/aromatic N) is 1. The Kier molecular flexibility index (Phi) is 12.7. The molecule has 6 nitrogen and oxygen atoms in total. The highest BCUT2D eigenvalue weighted by molar-refractivity contribution is 14.0. The summed E-state index contributed by atoms with van der Waals surface area (Å²) in [6.45, 7) is 11.6. The third kappa shape index (κ3) is 10.8. The fourth-order valence-electron chi connectivity index (χ4n) is 2.16. The summed E-state index contributed by atoms with van der Waals surface area (Å²) < 4.78 is 28.9. The zero-order valence-electron chi connectivity index (χ0n) is 17.0. The van der Waals surface area contributed by atoms with Gasteiger partial charge < -0.3 is 15.4 Å². The molecule has 1 unspecified atom stereocenters. The summed E-state index contributed by atoms with van der Waals surface area (Å²) in [4.78, 5) is 4.37. The van der Waals surface area contributed by atoms with Gasteiger partial charge in [-0.15, -0.1) is 24.0 Å². The van der Waals surface area contributed by atoms with Crippen LogP contribution in [-0.4, -0.2) is 45.6 Å². The molecule has 0 aliphatic heterocycles. The van der Waals surface area contributed by atoms with E-state index in [-0.39, 0.29) is 48.1 Å². The summed E-state index contributed by atoms with van der Waals surface area (Å²) in [7, 11) is -3.00. The Morgan fingerprint density at radius 3 is 2.30 bits per heavy atom. The molecule has 1 atom stereocenters. The second-order valence-corrected chi connectivity index (χ2v) is 9.11. The van der Waals surface area contributed by atoms with E-state index in [4.69, 9.17) is 4.74 Å². The summed E-state index contributed by atoms with van der Waals surface area (Å²) in [5.41, 5.74) is 1.11. The van der Waals surface area contributed by atoms with Gasteiger partial charge in [0.2, 0.25) is 0 Å². The van der Waals surface area contributed by atoms with Crippen molar-refractivity contribution in [2.45, 2.75) is 40.7 Å². The number of hydrogen-bond donors (Lipinski definition) is 2. The summed E-state index contributed by atoms with van der Waals surface area (Å²) in [5, 5.41) is 6.46. The predicted molar refractivity (Wildman–Crippen MR) is 124 cm³/mol. The molecule has 1 aromatic rings. The Bertz CT molecular complexity index is 661. The van der Waals surface area contributed by atoms with Gasteiger partial charge in [-0.1, -0.05) is 32.9 Å². The molecule has 0 spiro atoms. The number of guanidine groups is 1. The molecule has 156 valence electrons. The lowest BCUT2D eigenvalue weighted by molar-refractivity contribution is 0.271. The van der Waals surface area contributed by atoms with Crippen LogP contribution in [0.4, 0.5) is 0 Å². The third-order valence-electron chi connectivity index (χ3n) is 3.77. The summed E-state index contributed by atoms with van der Waals surface area (Å²) in [6, 6.07) is 8.02. The van der Waals surface area contributed by atoms with Crippen LogP contribution < -0.4 is 15.4 Å². The van der Waals surface area contributed by atoms with Crippen LogP contribution in [0.2, 0.25) is 0 Å². The van der Waals surface area contributed by atoms with Crippen molar-refractivity contribution in [3.8, 4) is 5.75 Å². The number of halogens is 1. The Labute approximate surface area is 181 Å². The maximum absolute atomic E-state index is 11.6. The van der Waals surface area contributed by atoms with Gasteiger partial charge in [0.05, 0.1) is 24.9 Å². The van der Waals surface area contributed by atoms with E-state index in [9.17, 15) is 8.42 Å². The van der Waals surface area contributed by atoms with Crippen molar-refractivity contribution in [1.29, 1.82) is 0 Å². The zero-order chi connectivity index (χ0) is 19.6. The van der Waals surface area contributed by atoms with E-state index in [1.165, 1.54) is 0 Å². The van der Waals surface area contributed by atoms with Gasteiger partial charge in [-0.25, -0.2) is 8.42 Å². The first-order valence-electron chi connectivity index (χ1n) is 9.25. The second-order valence-electron chi connectivity index (χ2n) is 6.64. The van der Waals surface area contributed by atoms with Crippen molar-refractivity contribution in [1.82, 2.24) is 10.6 Å². The van der Waals surface area contributed by atoms with Gasteiger partial charge in [0, 0.05) is 12.3 Å². The van der Waals surface area contributed by atoms with E-state index >= 15 is 0 Å². The number of rotatable bonds is 10. The van der Waals surface area contributed by atoms with E-state index < -0.39 is 9.84 Å². The number of nitrogens with one attached hydrogen (secondary N) is 2. The fourth-order valence-corrected chi connectivity index (χ4v) is 2.82. The molecule has 0 saturated carbocycles. The van der Waals surface area contributed by atoms with Gasteiger partial charge >= 0.3 is 0 Å². The van der Waals surface area contributed by atoms with Crippen molar-refractivity contribution in [2.24, 2.45) is 10.9 Å². The van der Waals surface area contributed by atoms with E-state index in [0.717, 1.165) is 11.3 Å². The molecule has 1 aromatic carbocycles. The van der Waals surface area contributed by atoms with Crippen LogP contribution in [0.1, 0.15) is 46.2 Å². The second kappa shape index (κ2) is 13.2. The van der Waals surface area contributed by atoms with Crippen LogP contribution in [-0.2, 0) is 9.84 Å². The molecular formula is C19H34IN3O3S. The Hall–Kier alpha value is -1.03. The maximum Gasteiger partial charge on any atom is 0.191 e. The largest absolute Gasteiger partial charge is 0.493 e. The molecule has 0 aliphatic rings. The van der Waals surface area contributed by atoms with Crippen molar-refractivity contribution < 1.29 is 13.2 Å². The molecule has 0 amide bonds. The Balaban J connectivity index is 0.00000676. The average molecular weight is 511 g/mol. The minimum Gasteiger partial charge on any atom is -0.493 e. The van der Waals surface area contributed by atoms with E-state index in [1.807, 2.05) is 38.1 Å². The van der Waals surface area contributed by atoms with E-state index in [2.05, 4.69) is 29.5 Å². The summed E-state index contributed by atoms with van der Waals surface area (Å²) in [6.07, 6.45) is 0. The number of aliphatic imine (C=N–C) groups is 1. The minimum atomic E-state index is -3.00. The maximum atomic E-state index is 11.6. The van der Waals surface area contributed by atoms with Gasteiger partial charge in [0.25, 0.3) is 0 Å². The molecule has 2 N–H and O–H groups in total. The van der Waals surface area contributed by atoms with Gasteiger partial charge in [-0.2, -0.15) is 0 Å². The molecule has 0 saturated heterocycles. The fraction of sp³-hybridized carbons (Fsp3) is 0.632. The molecule has 1 rings (SSSR count). The molecule has 0 radical (unpaired) electrons. The quantitative estimate of drug-likeness (QED) is 0.286. The van der Waals surface area contributed by atoms with Gasteiger partial charge in [-0.3, -0.25) is 4.99 Å². The predicted octanol–water partition coefficient (Wildman–Crippen LogP) is 3.39. The molecule has 0 bridgehead atoms. The molecule has 0 heterocycles. The Morgan fingerprint density at radius 1 is 1.15 bits per heavy atom. The highest BCUT2D eigenvalue weighted by atomic mass is 127. The topological polar surface area (TPSA) is 79.8 Å². The highest BCUT2D eigenvalue weighted by Gasteiger charge is 2.10. The van der Waals surface area contributed by atoms with Crippen LogP contribution in [0, 0.1) is 5.92 Å². The molecule has 0 aliphatic carbocycles. The summed E-state index contributed by atoms with van der Waals surface area (Å²) in [5.74, 6) is 2.18. The standard InChI is InChI=1S/C19H33N3O3S.HI/c1-6-20-19(21-12-13-26(23,24)7-2)22-16(5)17-8-10-18(11-9-17)25-14-15(3)4;/h8-11,15-16H,6-7,12-14H2,1-5H3,(H2,20,21,22);1H. The first-order chi connectivity index (χ1) is 12.3. The number of ether oxygens (including phenoxy) is 1. The van der Waals surface area contributed by atoms with Crippen molar-refractivity contribution in [3.05, 3.63) is 29.8 Å². The first-order valence-corrected chi connectivity index (χ1v) is 11.1. The van der Waals surface area contributed by atoms with Crippen molar-refractivity contribution >= 4 is 39.8 Å². The number of hydrogen-bond acceptors (Lipinski definition) is 4. The monoisotopic (exact) mass is 511 g/mol. The van der Waals surface area contributed by atoms with Gasteiger partial charge in [0.1, 0.15) is 5.75 Å². The van der Waals surface area contributed by atoms with Crippen LogP contribution in [0.25, 0.3) is 0 Å². The number of benzene rings is 1. The number of sulfone groups is 1. The molecule has 0 fully saturated rings. The summed E-state index contributed by atoms with van der Waals surface area (Å²) >= 11 is 0. The molecule has 0 aromatic heterocycles. The smallest absolute Gasteiger partial charge is 0.191 e. The van der Waals surface area contributed by atoms with Crippen LogP contribution in [0.15, 0.2) is 29.3 Å². The van der Waals surface area contributed by atoms with Gasteiger partial charge in [0.15, 0.2) is 15.8 Å². The average Bonchev–Trinajstić information content (AvgIpc) is 2.60. The molecule has 8 heteroatoms. The lowest BCUT2D eigenvalue weighted by Crippen LogP contribution is -2.39. The minimum absolute atomic E-state index is 0. The lowest BCUT2D eigenvalue weighted by Gasteiger charge is -2.18. The van der Waals surface area contributed by atoms with Crippen molar-refractivity contribution in [2.75, 3.05) is 31.2 Å². The van der Waals surface area contributed by atoms with Crippen LogP contribution in [0.3, 0.4) is 0 Å². The Morgan fingerprint density at radius 2 is 1.78 bits per heavy atom. The highest BCUT2D eigenvalue weighted by Crippen LogP contribution is 2.18. The zero-order valence-corrected chi connectivity index (χ0v) is 20.1. The third-order valence-corrected chi connectivity index (χ3v) is 5.46. The van der Waals surface area contributed by atoms with E-state index in [0.29, 0.717) is 25.0 Å². The van der Waals surface area contributed by atoms with Crippen LogP contribution >= 0.6 is 24.0 Å². The van der Waals surface area contributed by atoms with E-state index in [1.54, 1.807) is 6.92 Å². The molecule has 27 heavy (non-hydrogen) atoms. The van der Waals surface area contributed by atoms with Crippen molar-refractivity contribution in [3.63, 3.8) is 0 Å². The lowest BCUT2D eigenvalue weighted by atomic mass is 10.1. The SMILES string of the molecule is CCNC(=NCCS(=O)(=O)CC)NC(C)c1ccc(OCC(C)C)cc1.I. The van der Waals surface area contributed by atoms with Crippen LogP contribution in [0.5, 0.6) is 5.75 Å². The first kappa shape index (κ1) is 26.0.